The fourth-order valence-corrected chi connectivity index (χ4v) is 3.02. The van der Waals surface area contributed by atoms with Crippen LogP contribution >= 0.6 is 0 Å². The Labute approximate surface area is 136 Å². The van der Waals surface area contributed by atoms with Crippen LogP contribution in [-0.4, -0.2) is 10.2 Å². The summed E-state index contributed by atoms with van der Waals surface area (Å²) in [6.07, 6.45) is -0.621. The Balaban J connectivity index is 2.37. The number of rotatable bonds is 4. The van der Waals surface area contributed by atoms with Crippen molar-refractivity contribution in [1.29, 1.82) is 0 Å². The maximum Gasteiger partial charge on any atom is 0.179 e. The van der Waals surface area contributed by atoms with Gasteiger partial charge in [-0.2, -0.15) is 0 Å². The predicted molar refractivity (Wildman–Crippen MR) is 93.9 cm³/mol. The first-order chi connectivity index (χ1) is 11.2. The normalized spacial score (nSPS) is 11.0. The van der Waals surface area contributed by atoms with Gasteiger partial charge in [0.25, 0.3) is 0 Å². The molecule has 3 aromatic rings. The van der Waals surface area contributed by atoms with Gasteiger partial charge >= 0.3 is 0 Å². The summed E-state index contributed by atoms with van der Waals surface area (Å²) in [7, 11) is 0. The van der Waals surface area contributed by atoms with Crippen molar-refractivity contribution in [2.24, 2.45) is 0 Å². The zero-order chi connectivity index (χ0) is 16.2. The van der Waals surface area contributed by atoms with E-state index in [1.807, 2.05) is 60.7 Å². The molecule has 3 rings (SSSR count). The van der Waals surface area contributed by atoms with Crippen molar-refractivity contribution in [3.63, 3.8) is 0 Å². The topological polar surface area (TPSA) is 40.5 Å². The Morgan fingerprint density at radius 3 is 1.70 bits per heavy atom. The predicted octanol–water partition coefficient (Wildman–Crippen LogP) is 4.57. The van der Waals surface area contributed by atoms with Crippen molar-refractivity contribution in [2.75, 3.05) is 0 Å². The first kappa shape index (κ1) is 15.5. The lowest BCUT2D eigenvalue weighted by molar-refractivity contribution is -0.0420. The van der Waals surface area contributed by atoms with Crippen LogP contribution in [0.3, 0.4) is 0 Å². The van der Waals surface area contributed by atoms with E-state index in [1.54, 1.807) is 0 Å². The molecule has 0 bridgehead atoms. The molecule has 2 heteroatoms. The molecule has 3 aromatic carbocycles. The summed E-state index contributed by atoms with van der Waals surface area (Å²) in [6, 6.07) is 23.8. The Morgan fingerprint density at radius 2 is 1.22 bits per heavy atom. The summed E-state index contributed by atoms with van der Waals surface area (Å²) in [5, 5.41) is 19.7. The molecule has 0 aliphatic carbocycles. The number of aliphatic hydroxyl groups is 2. The van der Waals surface area contributed by atoms with Crippen LogP contribution in [0.25, 0.3) is 22.3 Å². The fourth-order valence-electron chi connectivity index (χ4n) is 3.02. The molecule has 0 saturated carbocycles. The van der Waals surface area contributed by atoms with Gasteiger partial charge in [-0.25, -0.2) is 0 Å². The second kappa shape index (κ2) is 6.78. The molecule has 2 nitrogen and oxygen atoms in total. The van der Waals surface area contributed by atoms with E-state index < -0.39 is 6.29 Å². The molecule has 0 aliphatic rings. The molecule has 0 aromatic heterocycles. The van der Waals surface area contributed by atoms with Crippen LogP contribution in [0.4, 0.5) is 0 Å². The average Bonchev–Trinajstić information content (AvgIpc) is 2.61. The molecule has 0 saturated heterocycles. The molecular weight excluding hydrogens is 284 g/mol. The lowest BCUT2D eigenvalue weighted by Crippen LogP contribution is -2.02. The summed E-state index contributed by atoms with van der Waals surface area (Å²) >= 11 is 0. The summed E-state index contributed by atoms with van der Waals surface area (Å²) in [5.74, 6) is 0. The summed E-state index contributed by atoms with van der Waals surface area (Å²) in [4.78, 5) is 0. The molecular formula is C21H20O2. The van der Waals surface area contributed by atoms with Crippen molar-refractivity contribution in [3.8, 4) is 22.3 Å². The third kappa shape index (κ3) is 3.04. The molecule has 0 fully saturated rings. The van der Waals surface area contributed by atoms with Gasteiger partial charge in [-0.1, -0.05) is 79.7 Å². The number of hydrogen-bond donors (Lipinski definition) is 2. The van der Waals surface area contributed by atoms with Crippen molar-refractivity contribution >= 4 is 0 Å². The van der Waals surface area contributed by atoms with E-state index in [0.717, 1.165) is 28.7 Å². The van der Waals surface area contributed by atoms with Crippen LogP contribution < -0.4 is 0 Å². The van der Waals surface area contributed by atoms with Gasteiger partial charge in [-0.05, 0) is 34.2 Å². The van der Waals surface area contributed by atoms with E-state index in [-0.39, 0.29) is 0 Å². The van der Waals surface area contributed by atoms with Crippen LogP contribution in [0.15, 0.2) is 72.8 Å². The molecule has 23 heavy (non-hydrogen) atoms. The maximum atomic E-state index is 9.86. The minimum atomic E-state index is -1.50. The largest absolute Gasteiger partial charge is 0.364 e. The van der Waals surface area contributed by atoms with Crippen molar-refractivity contribution in [1.82, 2.24) is 0 Å². The van der Waals surface area contributed by atoms with Gasteiger partial charge in [0.15, 0.2) is 6.29 Å². The third-order valence-electron chi connectivity index (χ3n) is 4.11. The SMILES string of the molecule is CCc1ccc(C(O)O)c(-c2ccccc2)c1-c1ccccc1. The van der Waals surface area contributed by atoms with Crippen LogP contribution in [0.2, 0.25) is 0 Å². The van der Waals surface area contributed by atoms with E-state index >= 15 is 0 Å². The van der Waals surface area contributed by atoms with Crippen LogP contribution in [0.5, 0.6) is 0 Å². The van der Waals surface area contributed by atoms with Crippen LogP contribution in [0, 0.1) is 0 Å². The molecule has 0 atom stereocenters. The highest BCUT2D eigenvalue weighted by Gasteiger charge is 2.19. The van der Waals surface area contributed by atoms with Gasteiger partial charge in [-0.3, -0.25) is 0 Å². The fraction of sp³-hybridized carbons (Fsp3) is 0.143. The monoisotopic (exact) mass is 304 g/mol. The van der Waals surface area contributed by atoms with E-state index in [4.69, 9.17) is 0 Å². The third-order valence-corrected chi connectivity index (χ3v) is 4.11. The van der Waals surface area contributed by atoms with Gasteiger partial charge in [0.05, 0.1) is 0 Å². The van der Waals surface area contributed by atoms with Crippen molar-refractivity contribution in [3.05, 3.63) is 83.9 Å². The average molecular weight is 304 g/mol. The highest BCUT2D eigenvalue weighted by Crippen LogP contribution is 2.39. The van der Waals surface area contributed by atoms with E-state index in [1.165, 1.54) is 5.56 Å². The van der Waals surface area contributed by atoms with Crippen molar-refractivity contribution in [2.45, 2.75) is 19.6 Å². The number of aryl methyl sites for hydroxylation is 1. The molecule has 0 heterocycles. The highest BCUT2D eigenvalue weighted by molar-refractivity contribution is 5.88. The van der Waals surface area contributed by atoms with E-state index in [0.29, 0.717) is 5.56 Å². The second-order valence-corrected chi connectivity index (χ2v) is 5.52. The Bertz CT molecular complexity index is 778. The summed E-state index contributed by atoms with van der Waals surface area (Å²) in [6.45, 7) is 2.12. The zero-order valence-electron chi connectivity index (χ0n) is 13.1. The van der Waals surface area contributed by atoms with Gasteiger partial charge in [0, 0.05) is 5.56 Å². The van der Waals surface area contributed by atoms with Crippen LogP contribution in [0.1, 0.15) is 24.3 Å². The smallest absolute Gasteiger partial charge is 0.179 e. The molecule has 0 unspecified atom stereocenters. The maximum absolute atomic E-state index is 9.86. The first-order valence-corrected chi connectivity index (χ1v) is 7.85. The minimum absolute atomic E-state index is 0.534. The molecule has 2 N–H and O–H groups in total. The Morgan fingerprint density at radius 1 is 0.696 bits per heavy atom. The number of hydrogen-bond acceptors (Lipinski definition) is 2. The standard InChI is InChI=1S/C21H20O2/c1-2-15-13-14-18(21(22)23)20(17-11-7-4-8-12-17)19(15)16-9-5-3-6-10-16/h3-14,21-23H,2H2,1H3. The minimum Gasteiger partial charge on any atom is -0.364 e. The Kier molecular flexibility index (Phi) is 4.56. The van der Waals surface area contributed by atoms with Gasteiger partial charge in [-0.15, -0.1) is 0 Å². The number of benzene rings is 3. The van der Waals surface area contributed by atoms with Gasteiger partial charge in [0.2, 0.25) is 0 Å². The molecule has 0 aliphatic heterocycles. The molecule has 0 amide bonds. The van der Waals surface area contributed by atoms with Gasteiger partial charge < -0.3 is 10.2 Å². The van der Waals surface area contributed by atoms with E-state index in [9.17, 15) is 10.2 Å². The summed E-state index contributed by atoms with van der Waals surface area (Å²) in [5.41, 5.74) is 5.78. The molecule has 0 radical (unpaired) electrons. The quantitative estimate of drug-likeness (QED) is 0.693. The first-order valence-electron chi connectivity index (χ1n) is 7.85. The second-order valence-electron chi connectivity index (χ2n) is 5.52. The highest BCUT2D eigenvalue weighted by atomic mass is 16.5. The van der Waals surface area contributed by atoms with Crippen molar-refractivity contribution < 1.29 is 10.2 Å². The molecule has 0 spiro atoms. The molecule has 116 valence electrons. The zero-order valence-corrected chi connectivity index (χ0v) is 13.1. The number of aliphatic hydroxyl groups excluding tert-OH is 1. The van der Waals surface area contributed by atoms with E-state index in [2.05, 4.69) is 19.1 Å². The lowest BCUT2D eigenvalue weighted by atomic mass is 9.86. The lowest BCUT2D eigenvalue weighted by Gasteiger charge is -2.20. The summed E-state index contributed by atoms with van der Waals surface area (Å²) < 4.78 is 0. The Hall–Kier alpha value is -2.42. The van der Waals surface area contributed by atoms with Gasteiger partial charge in [0.1, 0.15) is 0 Å². The van der Waals surface area contributed by atoms with Crippen LogP contribution in [-0.2, 0) is 6.42 Å².